The predicted octanol–water partition coefficient (Wildman–Crippen LogP) is 4.34. The highest BCUT2D eigenvalue weighted by molar-refractivity contribution is 14.0. The molecule has 0 spiro atoms. The molecule has 170 valence electrons. The highest BCUT2D eigenvalue weighted by atomic mass is 127. The third kappa shape index (κ3) is 10.4. The molecule has 0 fully saturated rings. The molecule has 0 aliphatic heterocycles. The number of ether oxygens (including phenoxy) is 1. The SMILES string of the molecule is CCCCNC(=O)c1ccc(CNC(N)=NCc2ccc(OC(F)(F)F)cc2)cc1.I. The fourth-order valence-electron chi connectivity index (χ4n) is 2.48. The average molecular weight is 550 g/mol. The third-order valence-corrected chi connectivity index (χ3v) is 4.09. The summed E-state index contributed by atoms with van der Waals surface area (Å²) in [5.41, 5.74) is 8.03. The van der Waals surface area contributed by atoms with E-state index in [1.54, 1.807) is 12.1 Å². The number of hydrogen-bond donors (Lipinski definition) is 3. The number of amides is 1. The zero-order valence-corrected chi connectivity index (χ0v) is 19.4. The molecular weight excluding hydrogens is 524 g/mol. The lowest BCUT2D eigenvalue weighted by Crippen LogP contribution is -2.31. The summed E-state index contributed by atoms with van der Waals surface area (Å²) in [4.78, 5) is 16.1. The summed E-state index contributed by atoms with van der Waals surface area (Å²) in [5, 5.41) is 5.82. The molecule has 0 unspecified atom stereocenters. The molecule has 31 heavy (non-hydrogen) atoms. The second-order valence-corrected chi connectivity index (χ2v) is 6.55. The Bertz CT molecular complexity index is 841. The number of rotatable bonds is 9. The number of hydrogen-bond acceptors (Lipinski definition) is 3. The van der Waals surface area contributed by atoms with Crippen LogP contribution in [0.25, 0.3) is 0 Å². The predicted molar refractivity (Wildman–Crippen MR) is 124 cm³/mol. The van der Waals surface area contributed by atoms with Crippen LogP contribution >= 0.6 is 24.0 Å². The van der Waals surface area contributed by atoms with Crippen LogP contribution in [0.1, 0.15) is 41.3 Å². The third-order valence-electron chi connectivity index (χ3n) is 4.09. The number of nitrogens with two attached hydrogens (primary N) is 1. The minimum atomic E-state index is -4.72. The number of alkyl halides is 3. The average Bonchev–Trinajstić information content (AvgIpc) is 2.71. The summed E-state index contributed by atoms with van der Waals surface area (Å²) in [7, 11) is 0. The number of halogens is 4. The van der Waals surface area contributed by atoms with Crippen molar-refractivity contribution in [3.05, 3.63) is 65.2 Å². The van der Waals surface area contributed by atoms with Crippen molar-refractivity contribution in [2.45, 2.75) is 39.2 Å². The van der Waals surface area contributed by atoms with E-state index in [-0.39, 0.29) is 48.1 Å². The van der Waals surface area contributed by atoms with Crippen molar-refractivity contribution in [1.29, 1.82) is 0 Å². The Labute approximate surface area is 196 Å². The van der Waals surface area contributed by atoms with E-state index in [9.17, 15) is 18.0 Å². The van der Waals surface area contributed by atoms with Gasteiger partial charge in [-0.05, 0) is 41.8 Å². The van der Waals surface area contributed by atoms with Gasteiger partial charge in [-0.15, -0.1) is 37.1 Å². The minimum Gasteiger partial charge on any atom is -0.406 e. The van der Waals surface area contributed by atoms with E-state index in [2.05, 4.69) is 27.3 Å². The lowest BCUT2D eigenvalue weighted by Gasteiger charge is -2.09. The second kappa shape index (κ2) is 13.0. The van der Waals surface area contributed by atoms with Gasteiger partial charge in [0, 0.05) is 18.7 Å². The maximum atomic E-state index is 12.2. The van der Waals surface area contributed by atoms with Crippen LogP contribution in [0.5, 0.6) is 5.75 Å². The van der Waals surface area contributed by atoms with Crippen molar-refractivity contribution >= 4 is 35.8 Å². The molecule has 0 heterocycles. The maximum Gasteiger partial charge on any atom is 0.573 e. The fourth-order valence-corrected chi connectivity index (χ4v) is 2.48. The number of aliphatic imine (C=N–C) groups is 1. The number of carbonyl (C=O) groups excluding carboxylic acids is 1. The van der Waals surface area contributed by atoms with E-state index in [4.69, 9.17) is 5.73 Å². The number of benzene rings is 2. The number of carbonyl (C=O) groups is 1. The minimum absolute atomic E-state index is 0. The number of nitrogens with zero attached hydrogens (tertiary/aromatic N) is 1. The topological polar surface area (TPSA) is 88.7 Å². The van der Waals surface area contributed by atoms with Crippen LogP contribution < -0.4 is 21.1 Å². The van der Waals surface area contributed by atoms with Gasteiger partial charge in [0.05, 0.1) is 6.54 Å². The summed E-state index contributed by atoms with van der Waals surface area (Å²) in [5.74, 6) is -0.188. The largest absolute Gasteiger partial charge is 0.573 e. The molecule has 1 amide bonds. The molecular formula is C21H26F3IN4O2. The summed E-state index contributed by atoms with van der Waals surface area (Å²) >= 11 is 0. The van der Waals surface area contributed by atoms with E-state index in [1.807, 2.05) is 12.1 Å². The molecule has 2 aromatic rings. The van der Waals surface area contributed by atoms with Crippen LogP contribution in [-0.4, -0.2) is 24.8 Å². The first-order valence-corrected chi connectivity index (χ1v) is 9.52. The van der Waals surface area contributed by atoms with Gasteiger partial charge < -0.3 is 21.1 Å². The number of nitrogens with one attached hydrogen (secondary N) is 2. The second-order valence-electron chi connectivity index (χ2n) is 6.55. The van der Waals surface area contributed by atoms with E-state index < -0.39 is 6.36 Å². The quantitative estimate of drug-likeness (QED) is 0.188. The monoisotopic (exact) mass is 550 g/mol. The van der Waals surface area contributed by atoms with Crippen LogP contribution in [-0.2, 0) is 13.1 Å². The Morgan fingerprint density at radius 2 is 1.65 bits per heavy atom. The van der Waals surface area contributed by atoms with Crippen molar-refractivity contribution in [3.8, 4) is 5.75 Å². The van der Waals surface area contributed by atoms with Gasteiger partial charge in [0.2, 0.25) is 0 Å². The van der Waals surface area contributed by atoms with Crippen LogP contribution in [0.15, 0.2) is 53.5 Å². The smallest absolute Gasteiger partial charge is 0.406 e. The number of guanidine groups is 1. The lowest BCUT2D eigenvalue weighted by molar-refractivity contribution is -0.274. The number of unbranched alkanes of at least 4 members (excludes halogenated alkanes) is 1. The molecule has 10 heteroatoms. The summed E-state index contributed by atoms with van der Waals surface area (Å²) in [6.45, 7) is 3.35. The molecule has 4 N–H and O–H groups in total. The molecule has 2 rings (SSSR count). The zero-order chi connectivity index (χ0) is 22.0. The van der Waals surface area contributed by atoms with Crippen LogP contribution in [0.3, 0.4) is 0 Å². The normalized spacial score (nSPS) is 11.4. The van der Waals surface area contributed by atoms with Gasteiger partial charge in [0.1, 0.15) is 5.75 Å². The highest BCUT2D eigenvalue weighted by Gasteiger charge is 2.30. The first kappa shape index (κ1) is 26.5. The molecule has 0 bridgehead atoms. The molecule has 0 saturated carbocycles. The van der Waals surface area contributed by atoms with E-state index in [0.29, 0.717) is 24.2 Å². The van der Waals surface area contributed by atoms with Crippen LogP contribution in [0, 0.1) is 0 Å². The molecule has 0 saturated heterocycles. The van der Waals surface area contributed by atoms with E-state index in [0.717, 1.165) is 18.4 Å². The van der Waals surface area contributed by atoms with Gasteiger partial charge in [-0.3, -0.25) is 4.79 Å². The van der Waals surface area contributed by atoms with Gasteiger partial charge in [-0.1, -0.05) is 37.6 Å². The standard InChI is InChI=1S/C21H25F3N4O2.HI/c1-2-3-12-26-19(29)17-8-4-15(5-9-17)13-27-20(25)28-14-16-6-10-18(11-7-16)30-21(22,23)24;/h4-11H,2-3,12-14H2,1H3,(H,26,29)(H3,25,27,28);1H. The maximum absolute atomic E-state index is 12.2. The van der Waals surface area contributed by atoms with Crippen molar-refractivity contribution in [3.63, 3.8) is 0 Å². The molecule has 6 nitrogen and oxygen atoms in total. The van der Waals surface area contributed by atoms with Gasteiger partial charge in [-0.25, -0.2) is 4.99 Å². The summed E-state index contributed by atoms with van der Waals surface area (Å²) in [6, 6.07) is 12.6. The zero-order valence-electron chi connectivity index (χ0n) is 17.0. The summed E-state index contributed by atoms with van der Waals surface area (Å²) in [6.07, 6.45) is -2.76. The molecule has 0 aliphatic rings. The van der Waals surface area contributed by atoms with Crippen molar-refractivity contribution in [2.24, 2.45) is 10.7 Å². The summed E-state index contributed by atoms with van der Waals surface area (Å²) < 4.78 is 40.3. The first-order chi connectivity index (χ1) is 14.3. The molecule has 2 aromatic carbocycles. The Balaban J connectivity index is 0.00000480. The van der Waals surface area contributed by atoms with Crippen molar-refractivity contribution < 1.29 is 22.7 Å². The van der Waals surface area contributed by atoms with E-state index >= 15 is 0 Å². The Kier molecular flexibility index (Phi) is 11.2. The Morgan fingerprint density at radius 3 is 2.23 bits per heavy atom. The fraction of sp³-hybridized carbons (Fsp3) is 0.333. The van der Waals surface area contributed by atoms with Crippen molar-refractivity contribution in [1.82, 2.24) is 10.6 Å². The highest BCUT2D eigenvalue weighted by Crippen LogP contribution is 2.22. The first-order valence-electron chi connectivity index (χ1n) is 9.52. The molecule has 0 radical (unpaired) electrons. The van der Waals surface area contributed by atoms with Gasteiger partial charge in [0.15, 0.2) is 5.96 Å². The van der Waals surface area contributed by atoms with Gasteiger partial charge in [0.25, 0.3) is 5.91 Å². The molecule has 0 aliphatic carbocycles. The van der Waals surface area contributed by atoms with Crippen molar-refractivity contribution in [2.75, 3.05) is 6.54 Å². The van der Waals surface area contributed by atoms with Gasteiger partial charge >= 0.3 is 6.36 Å². The van der Waals surface area contributed by atoms with E-state index in [1.165, 1.54) is 24.3 Å². The molecule has 0 aromatic heterocycles. The molecule has 0 atom stereocenters. The van der Waals surface area contributed by atoms with Crippen LogP contribution in [0.2, 0.25) is 0 Å². The lowest BCUT2D eigenvalue weighted by atomic mass is 10.1. The van der Waals surface area contributed by atoms with Gasteiger partial charge in [-0.2, -0.15) is 0 Å². The van der Waals surface area contributed by atoms with Crippen LogP contribution in [0.4, 0.5) is 13.2 Å². The Hall–Kier alpha value is -2.50. The Morgan fingerprint density at radius 1 is 1.03 bits per heavy atom.